The number of aliphatic hydroxyl groups is 1. The topological polar surface area (TPSA) is 65.5 Å². The van der Waals surface area contributed by atoms with Gasteiger partial charge in [-0.15, -0.1) is 0 Å². The number of nitrogens with zero attached hydrogens (tertiary/aromatic N) is 2. The molecule has 2 heterocycles. The molecule has 1 amide bonds. The van der Waals surface area contributed by atoms with Crippen molar-refractivity contribution in [2.45, 2.75) is 32.2 Å². The number of hydrogen-bond acceptors (Lipinski definition) is 4. The van der Waals surface area contributed by atoms with Crippen LogP contribution in [0, 0.1) is 0 Å². The summed E-state index contributed by atoms with van der Waals surface area (Å²) in [6.07, 6.45) is 2.63. The third-order valence-corrected chi connectivity index (χ3v) is 3.59. The SMILES string of the molecule is CCc1cc(C(=O)N2CCCC2CO)cc(NC)n1. The van der Waals surface area contributed by atoms with Crippen LogP contribution in [0.15, 0.2) is 12.1 Å². The van der Waals surface area contributed by atoms with E-state index in [4.69, 9.17) is 0 Å². The lowest BCUT2D eigenvalue weighted by Crippen LogP contribution is -2.37. The van der Waals surface area contributed by atoms with Gasteiger partial charge in [-0.1, -0.05) is 6.92 Å². The number of hydrogen-bond donors (Lipinski definition) is 2. The molecule has 0 aliphatic carbocycles. The Balaban J connectivity index is 2.27. The predicted molar refractivity (Wildman–Crippen MR) is 74.3 cm³/mol. The number of carbonyl (C=O) groups excluding carboxylic acids is 1. The van der Waals surface area contributed by atoms with Crippen LogP contribution in [0.4, 0.5) is 5.82 Å². The zero-order valence-corrected chi connectivity index (χ0v) is 11.5. The molecule has 0 saturated carbocycles. The summed E-state index contributed by atoms with van der Waals surface area (Å²) < 4.78 is 0. The van der Waals surface area contributed by atoms with Crippen molar-refractivity contribution in [3.8, 4) is 0 Å². The van der Waals surface area contributed by atoms with Crippen molar-refractivity contribution in [1.29, 1.82) is 0 Å². The molecule has 1 atom stereocenters. The minimum absolute atomic E-state index is 0.00912. The highest BCUT2D eigenvalue weighted by Crippen LogP contribution is 2.21. The average molecular weight is 263 g/mol. The van der Waals surface area contributed by atoms with Gasteiger partial charge >= 0.3 is 0 Å². The summed E-state index contributed by atoms with van der Waals surface area (Å²) in [5.41, 5.74) is 1.55. The van der Waals surface area contributed by atoms with Gasteiger partial charge in [0.1, 0.15) is 5.82 Å². The fourth-order valence-corrected chi connectivity index (χ4v) is 2.48. The van der Waals surface area contributed by atoms with E-state index in [0.29, 0.717) is 11.4 Å². The van der Waals surface area contributed by atoms with Gasteiger partial charge in [0.15, 0.2) is 0 Å². The van der Waals surface area contributed by atoms with Gasteiger partial charge in [0.2, 0.25) is 0 Å². The summed E-state index contributed by atoms with van der Waals surface area (Å²) in [6, 6.07) is 3.58. The van der Waals surface area contributed by atoms with Crippen molar-refractivity contribution in [3.05, 3.63) is 23.4 Å². The molecule has 1 aliphatic heterocycles. The van der Waals surface area contributed by atoms with E-state index in [0.717, 1.165) is 31.5 Å². The Hall–Kier alpha value is -1.62. The Labute approximate surface area is 113 Å². The third kappa shape index (κ3) is 2.87. The smallest absolute Gasteiger partial charge is 0.254 e. The summed E-state index contributed by atoms with van der Waals surface area (Å²) in [5, 5.41) is 12.3. The highest BCUT2D eigenvalue weighted by molar-refractivity contribution is 5.95. The number of amides is 1. The predicted octanol–water partition coefficient (Wildman–Crippen LogP) is 1.28. The lowest BCUT2D eigenvalue weighted by molar-refractivity contribution is 0.0677. The lowest BCUT2D eigenvalue weighted by atomic mass is 10.1. The van der Waals surface area contributed by atoms with Crippen LogP contribution >= 0.6 is 0 Å². The van der Waals surface area contributed by atoms with Crippen LogP contribution in [0.25, 0.3) is 0 Å². The van der Waals surface area contributed by atoms with Crippen molar-refractivity contribution in [1.82, 2.24) is 9.88 Å². The number of pyridine rings is 1. The molecule has 0 aromatic carbocycles. The largest absolute Gasteiger partial charge is 0.394 e. The van der Waals surface area contributed by atoms with E-state index in [9.17, 15) is 9.90 Å². The van der Waals surface area contributed by atoms with Crippen LogP contribution < -0.4 is 5.32 Å². The molecular weight excluding hydrogens is 242 g/mol. The number of rotatable bonds is 4. The van der Waals surface area contributed by atoms with Gasteiger partial charge in [0.25, 0.3) is 5.91 Å². The van der Waals surface area contributed by atoms with Gasteiger partial charge in [-0.05, 0) is 31.4 Å². The summed E-state index contributed by atoms with van der Waals surface area (Å²) in [6.45, 7) is 2.78. The van der Waals surface area contributed by atoms with Crippen LogP contribution in [0.5, 0.6) is 0 Å². The molecule has 1 aromatic heterocycles. The number of likely N-dealkylation sites (tertiary alicyclic amines) is 1. The number of nitrogens with one attached hydrogen (secondary N) is 1. The fourth-order valence-electron chi connectivity index (χ4n) is 2.48. The van der Waals surface area contributed by atoms with E-state index in [1.54, 1.807) is 18.0 Å². The second-order valence-corrected chi connectivity index (χ2v) is 4.81. The van der Waals surface area contributed by atoms with Crippen LogP contribution in [-0.4, -0.2) is 47.1 Å². The van der Waals surface area contributed by atoms with Gasteiger partial charge in [0, 0.05) is 24.8 Å². The van der Waals surface area contributed by atoms with Gasteiger partial charge < -0.3 is 15.3 Å². The molecule has 1 saturated heterocycles. The number of aliphatic hydroxyl groups excluding tert-OH is 1. The van der Waals surface area contributed by atoms with Crippen LogP contribution in [0.3, 0.4) is 0 Å². The second kappa shape index (κ2) is 6.02. The maximum absolute atomic E-state index is 12.5. The molecule has 1 fully saturated rings. The molecule has 104 valence electrons. The highest BCUT2D eigenvalue weighted by atomic mass is 16.3. The maximum Gasteiger partial charge on any atom is 0.254 e. The van der Waals surface area contributed by atoms with Crippen molar-refractivity contribution in [2.75, 3.05) is 25.5 Å². The minimum Gasteiger partial charge on any atom is -0.394 e. The molecule has 2 rings (SSSR count). The summed E-state index contributed by atoms with van der Waals surface area (Å²) in [4.78, 5) is 18.7. The van der Waals surface area contributed by atoms with Gasteiger partial charge in [0.05, 0.1) is 12.6 Å². The van der Waals surface area contributed by atoms with Crippen LogP contribution in [0.1, 0.15) is 35.8 Å². The number of aryl methyl sites for hydroxylation is 1. The van der Waals surface area contributed by atoms with Crippen LogP contribution in [0.2, 0.25) is 0 Å². The minimum atomic E-state index is -0.0382. The Kier molecular flexibility index (Phi) is 4.37. The molecule has 19 heavy (non-hydrogen) atoms. The number of carbonyl (C=O) groups is 1. The number of aromatic nitrogens is 1. The standard InChI is InChI=1S/C14H21N3O2/c1-3-11-7-10(8-13(15-2)16-11)14(19)17-6-4-5-12(17)9-18/h7-8,12,18H,3-6,9H2,1-2H3,(H,15,16). The Morgan fingerprint density at radius 2 is 2.37 bits per heavy atom. The zero-order chi connectivity index (χ0) is 13.8. The Morgan fingerprint density at radius 3 is 3.00 bits per heavy atom. The molecule has 1 aromatic rings. The molecule has 1 aliphatic rings. The molecule has 5 nitrogen and oxygen atoms in total. The molecule has 2 N–H and O–H groups in total. The first kappa shape index (κ1) is 13.8. The number of anilines is 1. The second-order valence-electron chi connectivity index (χ2n) is 4.81. The average Bonchev–Trinajstić information content (AvgIpc) is 2.94. The molecule has 0 radical (unpaired) electrons. The maximum atomic E-state index is 12.5. The molecule has 5 heteroatoms. The van der Waals surface area contributed by atoms with E-state index >= 15 is 0 Å². The van der Waals surface area contributed by atoms with Gasteiger partial charge in [-0.25, -0.2) is 4.98 Å². The van der Waals surface area contributed by atoms with Crippen molar-refractivity contribution in [3.63, 3.8) is 0 Å². The lowest BCUT2D eigenvalue weighted by Gasteiger charge is -2.23. The zero-order valence-electron chi connectivity index (χ0n) is 11.5. The quantitative estimate of drug-likeness (QED) is 0.859. The fraction of sp³-hybridized carbons (Fsp3) is 0.571. The van der Waals surface area contributed by atoms with Crippen LogP contribution in [-0.2, 0) is 6.42 Å². The van der Waals surface area contributed by atoms with Crippen molar-refractivity contribution in [2.24, 2.45) is 0 Å². The van der Waals surface area contributed by atoms with Crippen molar-refractivity contribution >= 4 is 11.7 Å². The third-order valence-electron chi connectivity index (χ3n) is 3.59. The summed E-state index contributed by atoms with van der Waals surface area (Å²) in [7, 11) is 1.79. The first-order valence-electron chi connectivity index (χ1n) is 6.80. The monoisotopic (exact) mass is 263 g/mol. The highest BCUT2D eigenvalue weighted by Gasteiger charge is 2.29. The van der Waals surface area contributed by atoms with E-state index < -0.39 is 0 Å². The molecular formula is C14H21N3O2. The summed E-state index contributed by atoms with van der Waals surface area (Å²) in [5.74, 6) is 0.701. The van der Waals surface area contributed by atoms with Crippen molar-refractivity contribution < 1.29 is 9.90 Å². The Morgan fingerprint density at radius 1 is 1.58 bits per heavy atom. The first-order chi connectivity index (χ1) is 9.19. The van der Waals surface area contributed by atoms with E-state index in [-0.39, 0.29) is 18.6 Å². The summed E-state index contributed by atoms with van der Waals surface area (Å²) >= 11 is 0. The van der Waals surface area contributed by atoms with E-state index in [1.165, 1.54) is 0 Å². The van der Waals surface area contributed by atoms with E-state index in [1.807, 2.05) is 13.0 Å². The first-order valence-corrected chi connectivity index (χ1v) is 6.80. The Bertz CT molecular complexity index is 440. The molecule has 1 unspecified atom stereocenters. The van der Waals surface area contributed by atoms with E-state index in [2.05, 4.69) is 10.3 Å². The molecule has 0 bridgehead atoms. The van der Waals surface area contributed by atoms with Gasteiger partial charge in [-0.2, -0.15) is 0 Å². The van der Waals surface area contributed by atoms with Gasteiger partial charge in [-0.3, -0.25) is 4.79 Å². The normalized spacial score (nSPS) is 18.7. The molecule has 0 spiro atoms.